The Morgan fingerprint density at radius 1 is 1.07 bits per heavy atom. The van der Waals surface area contributed by atoms with Crippen LogP contribution in [0.5, 0.6) is 11.5 Å². The van der Waals surface area contributed by atoms with Crippen molar-refractivity contribution in [2.45, 2.75) is 52.4 Å². The Labute approximate surface area is 171 Å². The van der Waals surface area contributed by atoms with Gasteiger partial charge in [-0.05, 0) is 52.8 Å². The van der Waals surface area contributed by atoms with E-state index in [1.807, 2.05) is 53.7 Å². The third kappa shape index (κ3) is 6.31. The smallest absolute Gasteiger partial charge is 0.277 e. The number of phenols is 1. The Kier molecular flexibility index (Phi) is 6.67. The zero-order valence-corrected chi connectivity index (χ0v) is 17.8. The summed E-state index contributed by atoms with van der Waals surface area (Å²) in [6.45, 7) is 12.0. The molecule has 2 N–H and O–H groups in total. The van der Waals surface area contributed by atoms with Crippen LogP contribution in [-0.4, -0.2) is 23.8 Å². The van der Waals surface area contributed by atoms with Crippen LogP contribution in [0.1, 0.15) is 58.2 Å². The fourth-order valence-electron chi connectivity index (χ4n) is 2.77. The molecular formula is C23H29FN2O3. The molecule has 0 aliphatic carbocycles. The maximum atomic E-state index is 12.9. The summed E-state index contributed by atoms with van der Waals surface area (Å²) in [6, 6.07) is 9.16. The number of ether oxygens (including phenoxy) is 1. The average Bonchev–Trinajstić information content (AvgIpc) is 2.60. The number of hydrogen-bond acceptors (Lipinski definition) is 4. The molecule has 156 valence electrons. The van der Waals surface area contributed by atoms with E-state index in [0.717, 1.165) is 16.7 Å². The quantitative estimate of drug-likeness (QED) is 0.567. The van der Waals surface area contributed by atoms with E-state index >= 15 is 0 Å². The molecule has 2 aromatic carbocycles. The van der Waals surface area contributed by atoms with Gasteiger partial charge in [0.15, 0.2) is 6.61 Å². The van der Waals surface area contributed by atoms with Crippen molar-refractivity contribution in [1.82, 2.24) is 5.43 Å². The topological polar surface area (TPSA) is 70.9 Å². The molecule has 0 saturated carbocycles. The first-order valence-corrected chi connectivity index (χ1v) is 9.46. The summed E-state index contributed by atoms with van der Waals surface area (Å²) >= 11 is 0. The van der Waals surface area contributed by atoms with Gasteiger partial charge in [-0.1, -0.05) is 41.5 Å². The van der Waals surface area contributed by atoms with Crippen LogP contribution in [0.3, 0.4) is 0 Å². The van der Waals surface area contributed by atoms with Gasteiger partial charge in [0.2, 0.25) is 0 Å². The first-order chi connectivity index (χ1) is 13.4. The lowest BCUT2D eigenvalue weighted by Crippen LogP contribution is -2.24. The minimum Gasteiger partial charge on any atom is -0.507 e. The number of phenolic OH excluding ortho intramolecular Hbond substituents is 1. The third-order valence-electron chi connectivity index (χ3n) is 4.33. The van der Waals surface area contributed by atoms with Crippen molar-refractivity contribution < 1.29 is 19.0 Å². The molecule has 0 aliphatic rings. The summed E-state index contributed by atoms with van der Waals surface area (Å²) in [5, 5.41) is 14.7. The van der Waals surface area contributed by atoms with Gasteiger partial charge in [-0.15, -0.1) is 0 Å². The van der Waals surface area contributed by atoms with Crippen LogP contribution in [0.2, 0.25) is 0 Å². The predicted molar refractivity (Wildman–Crippen MR) is 113 cm³/mol. The summed E-state index contributed by atoms with van der Waals surface area (Å²) in [5.41, 5.74) is 4.32. The number of hydrogen-bond donors (Lipinski definition) is 2. The normalized spacial score (nSPS) is 12.2. The second-order valence-corrected chi connectivity index (χ2v) is 9.00. The molecule has 0 aliphatic heterocycles. The van der Waals surface area contributed by atoms with Gasteiger partial charge in [-0.2, -0.15) is 5.10 Å². The number of rotatable bonds is 5. The number of carbonyl (C=O) groups excluding carboxylic acids is 1. The number of amides is 1. The molecule has 0 atom stereocenters. The van der Waals surface area contributed by atoms with Gasteiger partial charge in [0.1, 0.15) is 17.3 Å². The van der Waals surface area contributed by atoms with Crippen molar-refractivity contribution in [2.75, 3.05) is 6.61 Å². The van der Waals surface area contributed by atoms with E-state index in [2.05, 4.69) is 10.5 Å². The summed E-state index contributed by atoms with van der Waals surface area (Å²) in [4.78, 5) is 11.9. The number of benzene rings is 2. The largest absolute Gasteiger partial charge is 0.507 e. The molecule has 0 bridgehead atoms. The summed E-state index contributed by atoms with van der Waals surface area (Å²) < 4.78 is 18.2. The molecule has 0 spiro atoms. The summed E-state index contributed by atoms with van der Waals surface area (Å²) in [5.74, 6) is -0.117. The van der Waals surface area contributed by atoms with Gasteiger partial charge >= 0.3 is 0 Å². The van der Waals surface area contributed by atoms with Crippen LogP contribution in [0.4, 0.5) is 4.39 Å². The van der Waals surface area contributed by atoms with Crippen LogP contribution in [-0.2, 0) is 15.6 Å². The molecule has 0 saturated heterocycles. The molecule has 0 heterocycles. The van der Waals surface area contributed by atoms with Crippen molar-refractivity contribution in [1.29, 1.82) is 0 Å². The summed E-state index contributed by atoms with van der Waals surface area (Å²) in [6.07, 6.45) is 1.54. The third-order valence-corrected chi connectivity index (χ3v) is 4.33. The molecule has 2 aromatic rings. The van der Waals surface area contributed by atoms with E-state index in [4.69, 9.17) is 4.74 Å². The number of aromatic hydroxyl groups is 1. The van der Waals surface area contributed by atoms with Crippen molar-refractivity contribution >= 4 is 12.1 Å². The fraction of sp³-hybridized carbons (Fsp3) is 0.391. The molecule has 0 unspecified atom stereocenters. The van der Waals surface area contributed by atoms with E-state index < -0.39 is 5.91 Å². The zero-order chi connectivity index (χ0) is 21.8. The molecule has 0 aromatic heterocycles. The SMILES string of the molecule is CC(C)(C)c1cc(/C=N/NC(=O)COc2ccc(F)cc2)cc(C(C)(C)C)c1O. The van der Waals surface area contributed by atoms with Gasteiger partial charge in [0, 0.05) is 11.1 Å². The molecule has 2 rings (SSSR count). The van der Waals surface area contributed by atoms with Gasteiger partial charge in [-0.25, -0.2) is 9.82 Å². The first kappa shape index (κ1) is 22.4. The molecule has 29 heavy (non-hydrogen) atoms. The maximum Gasteiger partial charge on any atom is 0.277 e. The van der Waals surface area contributed by atoms with E-state index in [1.54, 1.807) is 6.21 Å². The Balaban J connectivity index is 2.11. The van der Waals surface area contributed by atoms with E-state index in [0.29, 0.717) is 11.5 Å². The van der Waals surface area contributed by atoms with Crippen LogP contribution < -0.4 is 10.2 Å². The number of carbonyl (C=O) groups is 1. The maximum absolute atomic E-state index is 12.9. The van der Waals surface area contributed by atoms with Crippen molar-refractivity contribution in [3.05, 3.63) is 58.9 Å². The summed E-state index contributed by atoms with van der Waals surface area (Å²) in [7, 11) is 0. The molecule has 1 amide bonds. The number of halogens is 1. The molecule has 0 fully saturated rings. The minimum absolute atomic E-state index is 0.237. The van der Waals surface area contributed by atoms with Crippen molar-refractivity contribution in [2.24, 2.45) is 5.10 Å². The Morgan fingerprint density at radius 2 is 1.59 bits per heavy atom. The molecular weight excluding hydrogens is 371 g/mol. The van der Waals surface area contributed by atoms with Gasteiger partial charge in [-0.3, -0.25) is 4.79 Å². The highest BCUT2D eigenvalue weighted by atomic mass is 19.1. The van der Waals surface area contributed by atoms with Crippen LogP contribution in [0.25, 0.3) is 0 Å². The van der Waals surface area contributed by atoms with Crippen molar-refractivity contribution in [3.8, 4) is 11.5 Å². The Bertz CT molecular complexity index is 857. The second kappa shape index (κ2) is 8.64. The monoisotopic (exact) mass is 400 g/mol. The molecule has 5 nitrogen and oxygen atoms in total. The average molecular weight is 400 g/mol. The van der Waals surface area contributed by atoms with Gasteiger partial charge in [0.05, 0.1) is 6.21 Å². The van der Waals surface area contributed by atoms with Crippen LogP contribution in [0.15, 0.2) is 41.5 Å². The first-order valence-electron chi connectivity index (χ1n) is 9.46. The lowest BCUT2D eigenvalue weighted by Gasteiger charge is -2.27. The van der Waals surface area contributed by atoms with Gasteiger partial charge < -0.3 is 9.84 Å². The standard InChI is InChI=1S/C23H29FN2O3/c1-22(2,3)18-11-15(12-19(21(18)28)23(4,5)6)13-25-26-20(27)14-29-17-9-7-16(24)8-10-17/h7-13,28H,14H2,1-6H3,(H,26,27)/b25-13+. The van der Waals surface area contributed by atoms with E-state index in [1.165, 1.54) is 24.3 Å². The highest BCUT2D eigenvalue weighted by Crippen LogP contribution is 2.39. The number of nitrogens with zero attached hydrogens (tertiary/aromatic N) is 1. The van der Waals surface area contributed by atoms with E-state index in [9.17, 15) is 14.3 Å². The Hall–Kier alpha value is -2.89. The minimum atomic E-state index is -0.434. The fourth-order valence-corrected chi connectivity index (χ4v) is 2.77. The van der Waals surface area contributed by atoms with Crippen molar-refractivity contribution in [3.63, 3.8) is 0 Å². The second-order valence-electron chi connectivity index (χ2n) is 9.00. The predicted octanol–water partition coefficient (Wildman–Crippen LogP) is 4.66. The number of hydrazone groups is 1. The Morgan fingerprint density at radius 3 is 2.07 bits per heavy atom. The van der Waals surface area contributed by atoms with Crippen LogP contribution in [0, 0.1) is 5.82 Å². The van der Waals surface area contributed by atoms with E-state index in [-0.39, 0.29) is 23.3 Å². The lowest BCUT2D eigenvalue weighted by molar-refractivity contribution is -0.123. The highest BCUT2D eigenvalue weighted by Gasteiger charge is 2.26. The zero-order valence-electron chi connectivity index (χ0n) is 17.8. The lowest BCUT2D eigenvalue weighted by atomic mass is 9.78. The van der Waals surface area contributed by atoms with Gasteiger partial charge in [0.25, 0.3) is 5.91 Å². The molecule has 6 heteroatoms. The molecule has 0 radical (unpaired) electrons. The van der Waals surface area contributed by atoms with Crippen LogP contribution >= 0.6 is 0 Å². The number of nitrogens with one attached hydrogen (secondary N) is 1. The highest BCUT2D eigenvalue weighted by molar-refractivity contribution is 5.84.